The number of hydrogen-bond acceptors (Lipinski definition) is 4. The maximum absolute atomic E-state index is 12.6. The lowest BCUT2D eigenvalue weighted by Crippen LogP contribution is -2.47. The average molecular weight is 344 g/mol. The summed E-state index contributed by atoms with van der Waals surface area (Å²) < 4.78 is 10.9. The maximum Gasteiger partial charge on any atom is 0.227 e. The van der Waals surface area contributed by atoms with Crippen LogP contribution in [-0.2, 0) is 16.0 Å². The molecule has 1 aromatic rings. The van der Waals surface area contributed by atoms with Crippen LogP contribution in [0.1, 0.15) is 31.2 Å². The molecule has 1 saturated heterocycles. The third-order valence-electron chi connectivity index (χ3n) is 5.04. The number of methoxy groups -OCH3 is 1. The van der Waals surface area contributed by atoms with Crippen molar-refractivity contribution < 1.29 is 14.3 Å². The van der Waals surface area contributed by atoms with Gasteiger partial charge in [0.2, 0.25) is 5.91 Å². The summed E-state index contributed by atoms with van der Waals surface area (Å²) in [6.45, 7) is 2.53. The molecule has 1 aromatic carbocycles. The van der Waals surface area contributed by atoms with Crippen LogP contribution in [0.5, 0.6) is 5.75 Å². The van der Waals surface area contributed by atoms with E-state index in [9.17, 15) is 4.79 Å². The zero-order valence-electron chi connectivity index (χ0n) is 14.9. The van der Waals surface area contributed by atoms with Crippen LogP contribution in [0.4, 0.5) is 0 Å². The first kappa shape index (κ1) is 17.8. The predicted octanol–water partition coefficient (Wildman–Crippen LogP) is 2.51. The molecule has 0 spiro atoms. The fraction of sp³-hybridized carbons (Fsp3) is 0.550. The van der Waals surface area contributed by atoms with Gasteiger partial charge >= 0.3 is 0 Å². The van der Waals surface area contributed by atoms with Crippen LogP contribution < -0.4 is 10.1 Å². The molecule has 0 aliphatic carbocycles. The molecule has 0 unspecified atom stereocenters. The van der Waals surface area contributed by atoms with E-state index in [0.29, 0.717) is 12.5 Å². The number of ether oxygens (including phenoxy) is 2. The number of carbonyl (C=O) groups excluding carboxylic acids is 1. The Morgan fingerprint density at radius 2 is 2.08 bits per heavy atom. The summed E-state index contributed by atoms with van der Waals surface area (Å²) >= 11 is 0. The molecule has 2 aliphatic heterocycles. The van der Waals surface area contributed by atoms with Crippen molar-refractivity contribution in [3.05, 3.63) is 42.2 Å². The Labute approximate surface area is 150 Å². The van der Waals surface area contributed by atoms with E-state index in [2.05, 4.69) is 11.4 Å². The Bertz CT molecular complexity index is 594. The van der Waals surface area contributed by atoms with Gasteiger partial charge in [-0.3, -0.25) is 4.79 Å². The SMILES string of the molecule is COc1ccccc1CC(=O)N1CCC(NC[C@H]2CCC=CO2)CC1. The first-order valence-corrected chi connectivity index (χ1v) is 9.20. The van der Waals surface area contributed by atoms with Crippen LogP contribution in [0.2, 0.25) is 0 Å². The van der Waals surface area contributed by atoms with Crippen LogP contribution in [0.15, 0.2) is 36.6 Å². The number of amides is 1. The van der Waals surface area contributed by atoms with Crippen LogP contribution >= 0.6 is 0 Å². The molecule has 0 radical (unpaired) electrons. The fourth-order valence-corrected chi connectivity index (χ4v) is 3.49. The number of hydrogen-bond donors (Lipinski definition) is 1. The van der Waals surface area contributed by atoms with Crippen molar-refractivity contribution >= 4 is 5.91 Å². The minimum Gasteiger partial charge on any atom is -0.497 e. The van der Waals surface area contributed by atoms with Gasteiger partial charge in [-0.1, -0.05) is 18.2 Å². The molecule has 136 valence electrons. The first-order valence-electron chi connectivity index (χ1n) is 9.20. The standard InChI is InChI=1S/C20H28N2O3/c1-24-19-8-3-2-6-16(19)14-20(23)22-11-9-17(10-12-22)21-15-18-7-4-5-13-25-18/h2-3,5-6,8,13,17-18,21H,4,7,9-12,14-15H2,1H3/t18-/m1/s1. The minimum absolute atomic E-state index is 0.184. The number of nitrogens with one attached hydrogen (secondary N) is 1. The van der Waals surface area contributed by atoms with Crippen LogP contribution in [0, 0.1) is 0 Å². The van der Waals surface area contributed by atoms with Crippen LogP contribution in [0.3, 0.4) is 0 Å². The zero-order chi connectivity index (χ0) is 17.5. The summed E-state index contributed by atoms with van der Waals surface area (Å²) in [4.78, 5) is 14.5. The van der Waals surface area contributed by atoms with Crippen molar-refractivity contribution in [3.63, 3.8) is 0 Å². The molecule has 2 heterocycles. The highest BCUT2D eigenvalue weighted by atomic mass is 16.5. The van der Waals surface area contributed by atoms with Crippen molar-refractivity contribution in [1.82, 2.24) is 10.2 Å². The van der Waals surface area contributed by atoms with Gasteiger partial charge in [0.1, 0.15) is 11.9 Å². The van der Waals surface area contributed by atoms with Crippen LogP contribution in [0.25, 0.3) is 0 Å². The topological polar surface area (TPSA) is 50.8 Å². The van der Waals surface area contributed by atoms with Gasteiger partial charge in [-0.05, 0) is 37.8 Å². The molecule has 0 saturated carbocycles. The molecule has 1 atom stereocenters. The van der Waals surface area contributed by atoms with Crippen LogP contribution in [-0.4, -0.2) is 49.7 Å². The molecule has 5 nitrogen and oxygen atoms in total. The third-order valence-corrected chi connectivity index (χ3v) is 5.04. The van der Waals surface area contributed by atoms with Crippen molar-refractivity contribution in [2.24, 2.45) is 0 Å². The number of para-hydroxylation sites is 1. The molecule has 1 N–H and O–H groups in total. The lowest BCUT2D eigenvalue weighted by atomic mass is 10.0. The summed E-state index contributed by atoms with van der Waals surface area (Å²) in [5, 5.41) is 3.60. The highest BCUT2D eigenvalue weighted by Crippen LogP contribution is 2.20. The average Bonchev–Trinajstić information content (AvgIpc) is 2.68. The summed E-state index contributed by atoms with van der Waals surface area (Å²) in [6.07, 6.45) is 8.76. The van der Waals surface area contributed by atoms with Gasteiger partial charge in [-0.25, -0.2) is 0 Å². The van der Waals surface area contributed by atoms with Gasteiger partial charge in [-0.15, -0.1) is 0 Å². The quantitative estimate of drug-likeness (QED) is 0.861. The second-order valence-corrected chi connectivity index (χ2v) is 6.76. The molecule has 0 aromatic heterocycles. The number of piperidine rings is 1. The molecular formula is C20H28N2O3. The van der Waals surface area contributed by atoms with Gasteiger partial charge in [0, 0.05) is 31.2 Å². The molecule has 3 rings (SSSR count). The lowest BCUT2D eigenvalue weighted by molar-refractivity contribution is -0.131. The fourth-order valence-electron chi connectivity index (χ4n) is 3.49. The van der Waals surface area contributed by atoms with Gasteiger partial charge in [0.25, 0.3) is 0 Å². The number of carbonyl (C=O) groups is 1. The third kappa shape index (κ3) is 4.98. The van der Waals surface area contributed by atoms with E-state index in [1.54, 1.807) is 7.11 Å². The molecule has 2 aliphatic rings. The largest absolute Gasteiger partial charge is 0.497 e. The Hall–Kier alpha value is -2.01. The summed E-state index contributed by atoms with van der Waals surface area (Å²) in [7, 11) is 1.65. The van der Waals surface area contributed by atoms with E-state index in [1.807, 2.05) is 35.4 Å². The van der Waals surface area contributed by atoms with Gasteiger partial charge in [0.15, 0.2) is 0 Å². The summed E-state index contributed by atoms with van der Waals surface area (Å²) in [5.74, 6) is 0.970. The second-order valence-electron chi connectivity index (χ2n) is 6.76. The number of benzene rings is 1. The monoisotopic (exact) mass is 344 g/mol. The highest BCUT2D eigenvalue weighted by Gasteiger charge is 2.24. The normalized spacial score (nSPS) is 21.0. The highest BCUT2D eigenvalue weighted by molar-refractivity contribution is 5.79. The van der Waals surface area contributed by atoms with E-state index >= 15 is 0 Å². The Kier molecular flexibility index (Phi) is 6.34. The molecule has 25 heavy (non-hydrogen) atoms. The van der Waals surface area contributed by atoms with Crippen molar-refractivity contribution in [2.75, 3.05) is 26.7 Å². The first-order chi connectivity index (χ1) is 12.3. The molecule has 1 fully saturated rings. The van der Waals surface area contributed by atoms with Crippen molar-refractivity contribution in [1.29, 1.82) is 0 Å². The van der Waals surface area contributed by atoms with Crippen molar-refractivity contribution in [3.8, 4) is 5.75 Å². The zero-order valence-corrected chi connectivity index (χ0v) is 14.9. The Morgan fingerprint density at radius 3 is 2.80 bits per heavy atom. The molecule has 0 bridgehead atoms. The number of rotatable bonds is 6. The maximum atomic E-state index is 12.6. The van der Waals surface area contributed by atoms with Gasteiger partial charge < -0.3 is 19.7 Å². The Balaban J connectivity index is 1.42. The predicted molar refractivity (Wildman–Crippen MR) is 97.5 cm³/mol. The van der Waals surface area contributed by atoms with E-state index in [0.717, 1.165) is 56.6 Å². The van der Waals surface area contributed by atoms with E-state index < -0.39 is 0 Å². The van der Waals surface area contributed by atoms with Gasteiger partial charge in [-0.2, -0.15) is 0 Å². The Morgan fingerprint density at radius 1 is 1.28 bits per heavy atom. The lowest BCUT2D eigenvalue weighted by Gasteiger charge is -2.33. The summed E-state index contributed by atoms with van der Waals surface area (Å²) in [5.41, 5.74) is 0.956. The smallest absolute Gasteiger partial charge is 0.227 e. The number of allylic oxidation sites excluding steroid dienone is 1. The van der Waals surface area contributed by atoms with Crippen molar-refractivity contribution in [2.45, 2.75) is 44.2 Å². The molecular weight excluding hydrogens is 316 g/mol. The van der Waals surface area contributed by atoms with E-state index in [-0.39, 0.29) is 12.0 Å². The number of nitrogens with zero attached hydrogens (tertiary/aromatic N) is 1. The summed E-state index contributed by atoms with van der Waals surface area (Å²) in [6, 6.07) is 8.22. The van der Waals surface area contributed by atoms with E-state index in [4.69, 9.17) is 9.47 Å². The molecule has 1 amide bonds. The number of likely N-dealkylation sites (tertiary alicyclic amines) is 1. The second kappa shape index (κ2) is 8.90. The minimum atomic E-state index is 0.184. The molecule has 5 heteroatoms. The van der Waals surface area contributed by atoms with Gasteiger partial charge in [0.05, 0.1) is 19.8 Å². The van der Waals surface area contributed by atoms with E-state index in [1.165, 1.54) is 0 Å².